The van der Waals surface area contributed by atoms with Crippen molar-refractivity contribution in [1.29, 1.82) is 0 Å². The molecule has 1 aliphatic heterocycles. The molecule has 0 saturated carbocycles. The fourth-order valence-electron chi connectivity index (χ4n) is 2.68. The van der Waals surface area contributed by atoms with Crippen LogP contribution in [0.5, 0.6) is 5.75 Å². The average Bonchev–Trinajstić information content (AvgIpc) is 2.61. The van der Waals surface area contributed by atoms with Crippen LogP contribution in [-0.4, -0.2) is 24.0 Å². The number of hydrogen-bond acceptors (Lipinski definition) is 4. The number of aryl methyl sites for hydroxylation is 2. The summed E-state index contributed by atoms with van der Waals surface area (Å²) in [7, 11) is 1.58. The van der Waals surface area contributed by atoms with Crippen molar-refractivity contribution in [2.45, 2.75) is 13.8 Å². The van der Waals surface area contributed by atoms with Gasteiger partial charge in [-0.2, -0.15) is 0 Å². The van der Waals surface area contributed by atoms with Gasteiger partial charge in [-0.25, -0.2) is 0 Å². The van der Waals surface area contributed by atoms with Crippen LogP contribution in [0.3, 0.4) is 0 Å². The molecule has 0 aliphatic carbocycles. The van der Waals surface area contributed by atoms with Crippen LogP contribution in [0, 0.1) is 13.8 Å². The van der Waals surface area contributed by atoms with Crippen molar-refractivity contribution < 1.29 is 14.3 Å². The molecule has 2 amide bonds. The van der Waals surface area contributed by atoms with Crippen molar-refractivity contribution in [3.63, 3.8) is 0 Å². The van der Waals surface area contributed by atoms with E-state index in [9.17, 15) is 9.59 Å². The molecule has 1 N–H and O–H groups in total. The summed E-state index contributed by atoms with van der Waals surface area (Å²) < 4.78 is 5.30. The Kier molecular flexibility index (Phi) is 4.86. The van der Waals surface area contributed by atoms with Gasteiger partial charge in [0.05, 0.1) is 12.8 Å². The zero-order valence-corrected chi connectivity index (χ0v) is 15.5. The molecular weight excluding hydrogens is 348 g/mol. The van der Waals surface area contributed by atoms with E-state index in [1.54, 1.807) is 31.4 Å². The van der Waals surface area contributed by atoms with Gasteiger partial charge in [0, 0.05) is 0 Å². The highest BCUT2D eigenvalue weighted by molar-refractivity contribution is 7.80. The SMILES string of the molecule is COc1cc(/C=C2\C(=O)NC(=S)N(c3ccc(C)cc3)C2=O)ccc1C. The standard InChI is InChI=1S/C20H18N2O3S/c1-12-4-8-15(9-5-12)22-19(24)16(18(23)21-20(22)26)10-14-7-6-13(2)17(11-14)25-3/h4-11H,1-3H3,(H,21,23,26)/b16-10+. The second-order valence-electron chi connectivity index (χ2n) is 6.02. The molecule has 1 aliphatic rings. The normalized spacial score (nSPS) is 16.0. The highest BCUT2D eigenvalue weighted by atomic mass is 32.1. The second kappa shape index (κ2) is 7.09. The van der Waals surface area contributed by atoms with Crippen molar-refractivity contribution in [3.8, 4) is 5.75 Å². The minimum absolute atomic E-state index is 0.0186. The van der Waals surface area contributed by atoms with Crippen LogP contribution in [0.2, 0.25) is 0 Å². The Balaban J connectivity index is 2.01. The lowest BCUT2D eigenvalue weighted by atomic mass is 10.0. The topological polar surface area (TPSA) is 58.6 Å². The van der Waals surface area contributed by atoms with Crippen molar-refractivity contribution in [1.82, 2.24) is 5.32 Å². The lowest BCUT2D eigenvalue weighted by Crippen LogP contribution is -2.54. The largest absolute Gasteiger partial charge is 0.496 e. The third kappa shape index (κ3) is 3.36. The van der Waals surface area contributed by atoms with Gasteiger partial charge in [0.25, 0.3) is 11.8 Å². The van der Waals surface area contributed by atoms with E-state index in [1.807, 2.05) is 38.1 Å². The zero-order valence-electron chi connectivity index (χ0n) is 14.7. The van der Waals surface area contributed by atoms with Gasteiger partial charge in [0.1, 0.15) is 11.3 Å². The minimum Gasteiger partial charge on any atom is -0.496 e. The van der Waals surface area contributed by atoms with Gasteiger partial charge in [-0.05, 0) is 61.5 Å². The van der Waals surface area contributed by atoms with Crippen molar-refractivity contribution in [2.24, 2.45) is 0 Å². The number of thiocarbonyl (C=S) groups is 1. The lowest BCUT2D eigenvalue weighted by molar-refractivity contribution is -0.122. The average molecular weight is 366 g/mol. The van der Waals surface area contributed by atoms with Gasteiger partial charge in [-0.1, -0.05) is 29.8 Å². The molecule has 0 radical (unpaired) electrons. The summed E-state index contributed by atoms with van der Waals surface area (Å²) in [6, 6.07) is 12.8. The number of methoxy groups -OCH3 is 1. The smallest absolute Gasteiger partial charge is 0.270 e. The van der Waals surface area contributed by atoms with Crippen LogP contribution in [0.15, 0.2) is 48.0 Å². The molecule has 2 aromatic carbocycles. The van der Waals surface area contributed by atoms with E-state index in [-0.39, 0.29) is 10.7 Å². The Morgan fingerprint density at radius 1 is 1.08 bits per heavy atom. The predicted molar refractivity (Wildman–Crippen MR) is 105 cm³/mol. The van der Waals surface area contributed by atoms with Crippen molar-refractivity contribution >= 4 is 40.9 Å². The number of ether oxygens (including phenoxy) is 1. The first-order chi connectivity index (χ1) is 12.4. The van der Waals surface area contributed by atoms with Gasteiger partial charge < -0.3 is 4.74 Å². The van der Waals surface area contributed by atoms with Crippen LogP contribution in [0.4, 0.5) is 5.69 Å². The number of carbonyl (C=O) groups excluding carboxylic acids is 2. The van der Waals surface area contributed by atoms with E-state index in [4.69, 9.17) is 17.0 Å². The molecule has 132 valence electrons. The first kappa shape index (κ1) is 17.8. The molecule has 1 heterocycles. The van der Waals surface area contributed by atoms with Crippen molar-refractivity contribution in [2.75, 3.05) is 12.0 Å². The zero-order chi connectivity index (χ0) is 18.8. The molecule has 26 heavy (non-hydrogen) atoms. The summed E-state index contributed by atoms with van der Waals surface area (Å²) >= 11 is 5.20. The molecule has 0 unspecified atom stereocenters. The Labute approximate surface area is 157 Å². The van der Waals surface area contributed by atoms with Gasteiger partial charge in [-0.3, -0.25) is 19.8 Å². The monoisotopic (exact) mass is 366 g/mol. The summed E-state index contributed by atoms with van der Waals surface area (Å²) in [5.74, 6) is -0.279. The summed E-state index contributed by atoms with van der Waals surface area (Å²) in [5.41, 5.74) is 3.36. The number of benzene rings is 2. The Bertz CT molecular complexity index is 933. The highest BCUT2D eigenvalue weighted by Crippen LogP contribution is 2.24. The molecule has 1 saturated heterocycles. The van der Waals surface area contributed by atoms with Gasteiger partial charge >= 0.3 is 0 Å². The third-order valence-electron chi connectivity index (χ3n) is 4.14. The molecule has 0 aromatic heterocycles. The molecule has 1 fully saturated rings. The molecular formula is C20H18N2O3S. The van der Waals surface area contributed by atoms with E-state index in [2.05, 4.69) is 5.32 Å². The Morgan fingerprint density at radius 3 is 2.42 bits per heavy atom. The van der Waals surface area contributed by atoms with Crippen LogP contribution in [0.25, 0.3) is 6.08 Å². The molecule has 6 heteroatoms. The Morgan fingerprint density at radius 2 is 1.77 bits per heavy atom. The summed E-state index contributed by atoms with van der Waals surface area (Å²) in [5, 5.41) is 2.65. The maximum absolute atomic E-state index is 12.9. The van der Waals surface area contributed by atoms with Gasteiger partial charge in [-0.15, -0.1) is 0 Å². The maximum Gasteiger partial charge on any atom is 0.270 e. The van der Waals surface area contributed by atoms with E-state index in [0.717, 1.165) is 11.1 Å². The van der Waals surface area contributed by atoms with Crippen molar-refractivity contribution in [3.05, 3.63) is 64.7 Å². The van der Waals surface area contributed by atoms with E-state index < -0.39 is 11.8 Å². The first-order valence-electron chi connectivity index (χ1n) is 8.03. The highest BCUT2D eigenvalue weighted by Gasteiger charge is 2.34. The fourth-order valence-corrected chi connectivity index (χ4v) is 2.96. The molecule has 0 bridgehead atoms. The van der Waals surface area contributed by atoms with E-state index in [1.165, 1.54) is 4.90 Å². The van der Waals surface area contributed by atoms with Crippen LogP contribution in [-0.2, 0) is 9.59 Å². The van der Waals surface area contributed by atoms with Gasteiger partial charge in [0.15, 0.2) is 5.11 Å². The number of nitrogens with zero attached hydrogens (tertiary/aromatic N) is 1. The molecule has 0 atom stereocenters. The number of hydrogen-bond donors (Lipinski definition) is 1. The summed E-state index contributed by atoms with van der Waals surface area (Å²) in [4.78, 5) is 26.6. The maximum atomic E-state index is 12.9. The first-order valence-corrected chi connectivity index (χ1v) is 8.44. The number of amides is 2. The summed E-state index contributed by atoms with van der Waals surface area (Å²) in [6.45, 7) is 3.88. The van der Waals surface area contributed by atoms with Gasteiger partial charge in [0.2, 0.25) is 0 Å². The quantitative estimate of drug-likeness (QED) is 0.515. The number of carbonyl (C=O) groups is 2. The van der Waals surface area contributed by atoms with E-state index in [0.29, 0.717) is 17.0 Å². The predicted octanol–water partition coefficient (Wildman–Crippen LogP) is 3.14. The molecule has 3 rings (SSSR count). The third-order valence-corrected chi connectivity index (χ3v) is 4.42. The second-order valence-corrected chi connectivity index (χ2v) is 6.41. The van der Waals surface area contributed by atoms with Crippen LogP contribution < -0.4 is 15.0 Å². The molecule has 0 spiro atoms. The number of anilines is 1. The number of nitrogens with one attached hydrogen (secondary N) is 1. The Hall–Kier alpha value is -2.99. The van der Waals surface area contributed by atoms with Crippen LogP contribution >= 0.6 is 12.2 Å². The minimum atomic E-state index is -0.511. The summed E-state index contributed by atoms with van der Waals surface area (Å²) in [6.07, 6.45) is 1.54. The number of rotatable bonds is 3. The van der Waals surface area contributed by atoms with E-state index >= 15 is 0 Å². The molecule has 5 nitrogen and oxygen atoms in total. The lowest BCUT2D eigenvalue weighted by Gasteiger charge is -2.29. The fraction of sp³-hybridized carbons (Fsp3) is 0.150. The van der Waals surface area contributed by atoms with Crippen LogP contribution in [0.1, 0.15) is 16.7 Å². The molecule has 2 aromatic rings.